The maximum absolute atomic E-state index is 4.32. The summed E-state index contributed by atoms with van der Waals surface area (Å²) in [5.74, 6) is 2.84. The molecule has 0 bridgehead atoms. The van der Waals surface area contributed by atoms with E-state index in [0.717, 1.165) is 37.2 Å². The fourth-order valence-corrected chi connectivity index (χ4v) is 3.66. The smallest absolute Gasteiger partial charge is 0.191 e. The van der Waals surface area contributed by atoms with E-state index in [-0.39, 0.29) is 24.0 Å². The molecule has 3 rings (SSSR count). The highest BCUT2D eigenvalue weighted by Crippen LogP contribution is 2.15. The predicted molar refractivity (Wildman–Crippen MR) is 133 cm³/mol. The second kappa shape index (κ2) is 12.5. The fourth-order valence-electron chi connectivity index (χ4n) is 2.87. The summed E-state index contributed by atoms with van der Waals surface area (Å²) in [4.78, 5) is 9.89. The van der Waals surface area contributed by atoms with E-state index in [1.54, 1.807) is 7.05 Å². The maximum atomic E-state index is 4.32. The Kier molecular flexibility index (Phi) is 10.1. The molecule has 0 atom stereocenters. The largest absolute Gasteiger partial charge is 0.356 e. The van der Waals surface area contributed by atoms with Crippen molar-refractivity contribution >= 4 is 41.7 Å². The normalized spacial score (nSPS) is 11.0. The van der Waals surface area contributed by atoms with Crippen molar-refractivity contribution in [1.82, 2.24) is 20.2 Å². The summed E-state index contributed by atoms with van der Waals surface area (Å²) in [7, 11) is 1.80. The summed E-state index contributed by atoms with van der Waals surface area (Å²) in [6, 6.07) is 19.1. The molecule has 0 fully saturated rings. The SMILES string of the molecule is CN=C(NCCSc1ccccc1)NCc1cccc(Cn2ccnc2C)c1.I. The van der Waals surface area contributed by atoms with E-state index in [4.69, 9.17) is 0 Å². The van der Waals surface area contributed by atoms with Crippen LogP contribution in [0.3, 0.4) is 0 Å². The average Bonchev–Trinajstić information content (AvgIpc) is 3.13. The number of halogens is 1. The number of nitrogens with one attached hydrogen (secondary N) is 2. The molecule has 3 aromatic rings. The number of imidazole rings is 1. The van der Waals surface area contributed by atoms with Gasteiger partial charge in [-0.3, -0.25) is 4.99 Å². The Hall–Kier alpha value is -2.00. The van der Waals surface area contributed by atoms with Crippen molar-refractivity contribution in [2.24, 2.45) is 4.99 Å². The number of nitrogens with zero attached hydrogens (tertiary/aromatic N) is 3. The maximum Gasteiger partial charge on any atom is 0.191 e. The standard InChI is InChI=1S/C22H27N5S.HI/c1-18-24-11-13-27(18)17-20-8-6-7-19(15-20)16-26-22(23-2)25-12-14-28-21-9-4-3-5-10-21;/h3-11,13,15H,12,14,16-17H2,1-2H3,(H2,23,25,26);1H. The van der Waals surface area contributed by atoms with E-state index in [1.807, 2.05) is 37.1 Å². The van der Waals surface area contributed by atoms with Gasteiger partial charge in [-0.25, -0.2) is 4.98 Å². The van der Waals surface area contributed by atoms with Gasteiger partial charge in [0.15, 0.2) is 5.96 Å². The van der Waals surface area contributed by atoms with Gasteiger partial charge in [-0.2, -0.15) is 0 Å². The highest BCUT2D eigenvalue weighted by molar-refractivity contribution is 14.0. The molecule has 0 aliphatic rings. The summed E-state index contributed by atoms with van der Waals surface area (Å²) in [6.45, 7) is 4.46. The van der Waals surface area contributed by atoms with Crippen molar-refractivity contribution in [2.45, 2.75) is 24.9 Å². The van der Waals surface area contributed by atoms with Gasteiger partial charge in [-0.1, -0.05) is 42.5 Å². The molecule has 29 heavy (non-hydrogen) atoms. The Labute approximate surface area is 194 Å². The lowest BCUT2D eigenvalue weighted by atomic mass is 10.1. The zero-order chi connectivity index (χ0) is 19.6. The van der Waals surface area contributed by atoms with E-state index in [2.05, 4.69) is 73.7 Å². The zero-order valence-electron chi connectivity index (χ0n) is 16.8. The van der Waals surface area contributed by atoms with Crippen LogP contribution in [0.25, 0.3) is 0 Å². The Morgan fingerprint density at radius 3 is 2.59 bits per heavy atom. The van der Waals surface area contributed by atoms with Crippen LogP contribution < -0.4 is 10.6 Å². The molecule has 0 amide bonds. The molecule has 0 unspecified atom stereocenters. The number of rotatable bonds is 8. The van der Waals surface area contributed by atoms with Gasteiger partial charge < -0.3 is 15.2 Å². The minimum atomic E-state index is 0. The summed E-state index contributed by atoms with van der Waals surface area (Å²) in [6.07, 6.45) is 3.85. The lowest BCUT2D eigenvalue weighted by molar-refractivity contribution is 0.758. The summed E-state index contributed by atoms with van der Waals surface area (Å²) in [5, 5.41) is 6.77. The van der Waals surface area contributed by atoms with Crippen molar-refractivity contribution in [3.8, 4) is 0 Å². The predicted octanol–water partition coefficient (Wildman–Crippen LogP) is 4.32. The number of hydrogen-bond acceptors (Lipinski definition) is 3. The topological polar surface area (TPSA) is 54.2 Å². The molecule has 0 aliphatic heterocycles. The third kappa shape index (κ3) is 7.74. The number of benzene rings is 2. The van der Waals surface area contributed by atoms with Gasteiger partial charge in [0, 0.05) is 49.7 Å². The molecular weight excluding hydrogens is 493 g/mol. The average molecular weight is 521 g/mol. The van der Waals surface area contributed by atoms with Crippen LogP contribution in [0.5, 0.6) is 0 Å². The van der Waals surface area contributed by atoms with Crippen LogP contribution in [0.15, 0.2) is 76.9 Å². The molecule has 0 radical (unpaired) electrons. The number of aliphatic imine (C=N–C) groups is 1. The Morgan fingerprint density at radius 1 is 1.07 bits per heavy atom. The molecule has 2 N–H and O–H groups in total. The van der Waals surface area contributed by atoms with Gasteiger partial charge in [0.2, 0.25) is 0 Å². The van der Waals surface area contributed by atoms with Gasteiger partial charge in [0.05, 0.1) is 0 Å². The first-order valence-electron chi connectivity index (χ1n) is 9.42. The quantitative estimate of drug-likeness (QED) is 0.153. The first-order chi connectivity index (χ1) is 13.7. The molecular formula is C22H28IN5S. The van der Waals surface area contributed by atoms with Crippen LogP contribution in [0.2, 0.25) is 0 Å². The van der Waals surface area contributed by atoms with Crippen LogP contribution in [-0.2, 0) is 13.1 Å². The molecule has 1 heterocycles. The molecule has 2 aromatic carbocycles. The van der Waals surface area contributed by atoms with Crippen LogP contribution >= 0.6 is 35.7 Å². The Balaban J connectivity index is 0.00000300. The van der Waals surface area contributed by atoms with E-state index in [1.165, 1.54) is 16.0 Å². The molecule has 1 aromatic heterocycles. The number of aryl methyl sites for hydroxylation is 1. The van der Waals surface area contributed by atoms with Crippen molar-refractivity contribution in [2.75, 3.05) is 19.3 Å². The summed E-state index contributed by atoms with van der Waals surface area (Å²) < 4.78 is 2.15. The van der Waals surface area contributed by atoms with Crippen molar-refractivity contribution in [1.29, 1.82) is 0 Å². The highest BCUT2D eigenvalue weighted by Gasteiger charge is 2.02. The van der Waals surface area contributed by atoms with Gasteiger partial charge >= 0.3 is 0 Å². The van der Waals surface area contributed by atoms with E-state index in [0.29, 0.717) is 0 Å². The molecule has 7 heteroatoms. The lowest BCUT2D eigenvalue weighted by Gasteiger charge is -2.13. The Bertz CT molecular complexity index is 895. The number of thioether (sulfide) groups is 1. The van der Waals surface area contributed by atoms with Crippen molar-refractivity contribution in [3.05, 3.63) is 83.9 Å². The number of guanidine groups is 1. The van der Waals surface area contributed by atoms with Gasteiger partial charge in [0.1, 0.15) is 5.82 Å². The monoisotopic (exact) mass is 521 g/mol. The van der Waals surface area contributed by atoms with Gasteiger partial charge in [-0.15, -0.1) is 35.7 Å². The molecule has 0 saturated heterocycles. The summed E-state index contributed by atoms with van der Waals surface area (Å²) >= 11 is 1.84. The van der Waals surface area contributed by atoms with Crippen molar-refractivity contribution in [3.63, 3.8) is 0 Å². The van der Waals surface area contributed by atoms with E-state index in [9.17, 15) is 0 Å². The van der Waals surface area contributed by atoms with Gasteiger partial charge in [0.25, 0.3) is 0 Å². The van der Waals surface area contributed by atoms with E-state index < -0.39 is 0 Å². The second-order valence-corrected chi connectivity index (χ2v) is 7.60. The molecule has 0 saturated carbocycles. The third-order valence-electron chi connectivity index (χ3n) is 4.36. The van der Waals surface area contributed by atoms with E-state index >= 15 is 0 Å². The zero-order valence-corrected chi connectivity index (χ0v) is 20.0. The van der Waals surface area contributed by atoms with Crippen LogP contribution in [0.1, 0.15) is 17.0 Å². The fraction of sp³-hybridized carbons (Fsp3) is 0.273. The first-order valence-corrected chi connectivity index (χ1v) is 10.4. The number of aromatic nitrogens is 2. The highest BCUT2D eigenvalue weighted by atomic mass is 127. The molecule has 0 spiro atoms. The Morgan fingerprint density at radius 2 is 1.86 bits per heavy atom. The molecule has 5 nitrogen and oxygen atoms in total. The van der Waals surface area contributed by atoms with Crippen molar-refractivity contribution < 1.29 is 0 Å². The lowest BCUT2D eigenvalue weighted by Crippen LogP contribution is -2.37. The molecule has 0 aliphatic carbocycles. The van der Waals surface area contributed by atoms with Gasteiger partial charge in [-0.05, 0) is 30.2 Å². The first kappa shape index (κ1) is 23.3. The minimum absolute atomic E-state index is 0. The second-order valence-electron chi connectivity index (χ2n) is 6.44. The number of hydrogen-bond donors (Lipinski definition) is 2. The minimum Gasteiger partial charge on any atom is -0.356 e. The van der Waals surface area contributed by atoms with Crippen LogP contribution in [-0.4, -0.2) is 34.9 Å². The van der Waals surface area contributed by atoms with Crippen LogP contribution in [0, 0.1) is 6.92 Å². The summed E-state index contributed by atoms with van der Waals surface area (Å²) in [5.41, 5.74) is 2.50. The third-order valence-corrected chi connectivity index (χ3v) is 5.37. The molecule has 154 valence electrons. The van der Waals surface area contributed by atoms with Crippen LogP contribution in [0.4, 0.5) is 0 Å².